The van der Waals surface area contributed by atoms with E-state index in [1.54, 1.807) is 0 Å². The third-order valence-electron chi connectivity index (χ3n) is 6.16. The zero-order chi connectivity index (χ0) is 20.2. The minimum absolute atomic E-state index is 0.293. The van der Waals surface area contributed by atoms with E-state index >= 15 is 0 Å². The van der Waals surface area contributed by atoms with Crippen molar-refractivity contribution in [1.29, 1.82) is 0 Å². The average molecular weight is 393 g/mol. The second kappa shape index (κ2) is 8.78. The molecule has 1 heterocycles. The molecular formula is C24H27NO4. The van der Waals surface area contributed by atoms with Gasteiger partial charge in [0.05, 0.1) is 19.8 Å². The maximum absolute atomic E-state index is 12.1. The first kappa shape index (κ1) is 19.6. The van der Waals surface area contributed by atoms with Gasteiger partial charge in [-0.25, -0.2) is 4.79 Å². The number of carbonyl (C=O) groups is 2. The molecule has 0 bridgehead atoms. The number of amides is 1. The van der Waals surface area contributed by atoms with E-state index in [4.69, 9.17) is 9.47 Å². The quantitative estimate of drug-likeness (QED) is 0.801. The number of alkyl carbamates (subject to hydrolysis) is 1. The van der Waals surface area contributed by atoms with Crippen LogP contribution < -0.4 is 5.32 Å². The first-order valence-corrected chi connectivity index (χ1v) is 10.3. The highest BCUT2D eigenvalue weighted by Gasteiger charge is 2.29. The van der Waals surface area contributed by atoms with Crippen LogP contribution in [0.3, 0.4) is 0 Å². The molecule has 1 amide bonds. The fourth-order valence-electron chi connectivity index (χ4n) is 4.79. The normalized spacial score (nSPS) is 20.7. The van der Waals surface area contributed by atoms with Crippen LogP contribution in [-0.4, -0.2) is 32.7 Å². The lowest BCUT2D eigenvalue weighted by Gasteiger charge is -2.28. The maximum Gasteiger partial charge on any atom is 0.407 e. The van der Waals surface area contributed by atoms with Crippen molar-refractivity contribution in [2.24, 2.45) is 0 Å². The predicted octanol–water partition coefficient (Wildman–Crippen LogP) is 3.87. The number of methoxy groups -OCH3 is 1. The molecule has 5 nitrogen and oxygen atoms in total. The number of hydrogen-bond donors (Lipinski definition) is 1. The number of carbonyl (C=O) groups excluding carboxylic acids is 2. The molecule has 0 aromatic heterocycles. The van der Waals surface area contributed by atoms with Crippen LogP contribution in [-0.2, 0) is 33.5 Å². The van der Waals surface area contributed by atoms with Crippen molar-refractivity contribution >= 4 is 12.4 Å². The number of ether oxygens (including phenoxy) is 2. The highest BCUT2D eigenvalue weighted by atomic mass is 16.5. The van der Waals surface area contributed by atoms with Gasteiger partial charge in [-0.05, 0) is 59.1 Å². The van der Waals surface area contributed by atoms with Crippen molar-refractivity contribution in [3.8, 4) is 0 Å². The van der Waals surface area contributed by atoms with Crippen LogP contribution in [0.25, 0.3) is 0 Å². The van der Waals surface area contributed by atoms with Crippen molar-refractivity contribution in [1.82, 2.24) is 5.32 Å². The molecule has 1 aliphatic heterocycles. The van der Waals surface area contributed by atoms with Crippen molar-refractivity contribution in [2.45, 2.75) is 44.1 Å². The van der Waals surface area contributed by atoms with Gasteiger partial charge in [0.2, 0.25) is 0 Å². The molecule has 2 atom stereocenters. The first-order valence-electron chi connectivity index (χ1n) is 10.3. The molecule has 2 aliphatic rings. The molecule has 1 aliphatic carbocycles. The molecular weight excluding hydrogens is 366 g/mol. The summed E-state index contributed by atoms with van der Waals surface area (Å²) < 4.78 is 10.6. The van der Waals surface area contributed by atoms with Crippen molar-refractivity contribution in [2.75, 3.05) is 20.3 Å². The van der Waals surface area contributed by atoms with Gasteiger partial charge in [-0.15, -0.1) is 0 Å². The van der Waals surface area contributed by atoms with Crippen LogP contribution in [0.5, 0.6) is 0 Å². The molecule has 4 rings (SSSR count). The molecule has 2 aromatic rings. The number of aryl methyl sites for hydroxylation is 1. The van der Waals surface area contributed by atoms with Gasteiger partial charge in [-0.3, -0.25) is 0 Å². The van der Waals surface area contributed by atoms with Crippen molar-refractivity contribution < 1.29 is 19.1 Å². The van der Waals surface area contributed by atoms with E-state index in [-0.39, 0.29) is 6.04 Å². The van der Waals surface area contributed by atoms with Gasteiger partial charge in [0.25, 0.3) is 0 Å². The van der Waals surface area contributed by atoms with Crippen LogP contribution in [0.2, 0.25) is 0 Å². The summed E-state index contributed by atoms with van der Waals surface area (Å²) in [5.41, 5.74) is 6.86. The number of rotatable bonds is 4. The van der Waals surface area contributed by atoms with E-state index in [0.29, 0.717) is 18.9 Å². The van der Waals surface area contributed by atoms with E-state index in [0.717, 1.165) is 55.3 Å². The lowest BCUT2D eigenvalue weighted by molar-refractivity contribution is -0.107. The lowest BCUT2D eigenvalue weighted by atomic mass is 9.82. The molecule has 1 N–H and O–H groups in total. The van der Waals surface area contributed by atoms with E-state index < -0.39 is 6.09 Å². The second-order valence-corrected chi connectivity index (χ2v) is 7.75. The molecule has 152 valence electrons. The van der Waals surface area contributed by atoms with Gasteiger partial charge >= 0.3 is 6.09 Å². The molecule has 1 fully saturated rings. The first-order chi connectivity index (χ1) is 14.2. The van der Waals surface area contributed by atoms with Gasteiger partial charge < -0.3 is 19.6 Å². The Morgan fingerprint density at radius 2 is 2.00 bits per heavy atom. The number of fused-ring (bicyclic) bond motifs is 2. The standard InChI is InChI=1S/C24H27NO4/c1-28-24(27)25-23-19-7-3-2-5-16(19)8-9-20-21(12-13-26)18(10-11-22(20)23)17-6-4-14-29-15-17/h2-3,5,7,10-11,13,17,23H,4,6,8-9,12,14-15H2,1H3,(H,25,27). The Labute approximate surface area is 171 Å². The molecule has 29 heavy (non-hydrogen) atoms. The fraction of sp³-hybridized carbons (Fsp3) is 0.417. The summed E-state index contributed by atoms with van der Waals surface area (Å²) in [5, 5.41) is 3.02. The van der Waals surface area contributed by atoms with Crippen LogP contribution in [0.4, 0.5) is 4.79 Å². The monoisotopic (exact) mass is 393 g/mol. The Morgan fingerprint density at radius 3 is 2.76 bits per heavy atom. The SMILES string of the molecule is COC(=O)NC1c2ccccc2CCc2c1ccc(C1CCCOC1)c2CC=O. The van der Waals surface area contributed by atoms with Gasteiger partial charge in [0, 0.05) is 18.9 Å². The molecule has 1 saturated heterocycles. The van der Waals surface area contributed by atoms with Gasteiger partial charge in [0.1, 0.15) is 6.29 Å². The Kier molecular flexibility index (Phi) is 5.95. The van der Waals surface area contributed by atoms with E-state index in [2.05, 4.69) is 29.6 Å². The number of benzene rings is 2. The number of hydrogen-bond acceptors (Lipinski definition) is 4. The minimum atomic E-state index is -0.459. The second-order valence-electron chi connectivity index (χ2n) is 7.75. The summed E-state index contributed by atoms with van der Waals surface area (Å²) in [6.45, 7) is 1.51. The molecule has 2 unspecified atom stereocenters. The summed E-state index contributed by atoms with van der Waals surface area (Å²) in [5.74, 6) is 0.321. The van der Waals surface area contributed by atoms with E-state index in [1.807, 2.05) is 12.1 Å². The highest BCUT2D eigenvalue weighted by Crippen LogP contribution is 2.38. The van der Waals surface area contributed by atoms with Crippen molar-refractivity contribution in [3.05, 3.63) is 69.8 Å². The van der Waals surface area contributed by atoms with Crippen LogP contribution in [0.15, 0.2) is 36.4 Å². The minimum Gasteiger partial charge on any atom is -0.453 e. The van der Waals surface area contributed by atoms with E-state index in [1.165, 1.54) is 23.8 Å². The Hall–Kier alpha value is -2.66. The highest BCUT2D eigenvalue weighted by molar-refractivity contribution is 5.69. The van der Waals surface area contributed by atoms with Gasteiger partial charge in [0.15, 0.2) is 0 Å². The molecule has 0 saturated carbocycles. The zero-order valence-corrected chi connectivity index (χ0v) is 16.8. The smallest absolute Gasteiger partial charge is 0.407 e. The van der Waals surface area contributed by atoms with Gasteiger partial charge in [-0.2, -0.15) is 0 Å². The summed E-state index contributed by atoms with van der Waals surface area (Å²) >= 11 is 0. The zero-order valence-electron chi connectivity index (χ0n) is 16.8. The Balaban J connectivity index is 1.84. The largest absolute Gasteiger partial charge is 0.453 e. The topological polar surface area (TPSA) is 64.6 Å². The summed E-state index contributed by atoms with van der Waals surface area (Å²) in [7, 11) is 1.38. The fourth-order valence-corrected chi connectivity index (χ4v) is 4.79. The summed E-state index contributed by atoms with van der Waals surface area (Å²) in [4.78, 5) is 23.7. The maximum atomic E-state index is 12.1. The molecule has 0 radical (unpaired) electrons. The van der Waals surface area contributed by atoms with Crippen LogP contribution in [0, 0.1) is 0 Å². The lowest BCUT2D eigenvalue weighted by Crippen LogP contribution is -2.30. The Bertz CT molecular complexity index is 902. The summed E-state index contributed by atoms with van der Waals surface area (Å²) in [6, 6.07) is 12.2. The number of nitrogens with one attached hydrogen (secondary N) is 1. The Morgan fingerprint density at radius 1 is 1.17 bits per heavy atom. The molecule has 2 aromatic carbocycles. The summed E-state index contributed by atoms with van der Waals surface area (Å²) in [6.07, 6.45) is 4.75. The molecule has 0 spiro atoms. The third-order valence-corrected chi connectivity index (χ3v) is 6.16. The number of aldehydes is 1. The predicted molar refractivity (Wildman–Crippen MR) is 110 cm³/mol. The van der Waals surface area contributed by atoms with E-state index in [9.17, 15) is 9.59 Å². The average Bonchev–Trinajstić information content (AvgIpc) is 2.92. The van der Waals surface area contributed by atoms with Crippen molar-refractivity contribution in [3.63, 3.8) is 0 Å². The molecule has 5 heteroatoms. The van der Waals surface area contributed by atoms with Crippen LogP contribution >= 0.6 is 0 Å². The third kappa shape index (κ3) is 3.92. The van der Waals surface area contributed by atoms with Gasteiger partial charge in [-0.1, -0.05) is 36.4 Å². The van der Waals surface area contributed by atoms with Crippen LogP contribution in [0.1, 0.15) is 58.2 Å².